The summed E-state index contributed by atoms with van der Waals surface area (Å²) in [6, 6.07) is 18.5. The summed E-state index contributed by atoms with van der Waals surface area (Å²) in [6.07, 6.45) is 0.935. The van der Waals surface area contributed by atoms with Gasteiger partial charge in [-0.3, -0.25) is 15.0 Å². The van der Waals surface area contributed by atoms with E-state index in [0.717, 1.165) is 51.5 Å². The summed E-state index contributed by atoms with van der Waals surface area (Å²) in [4.78, 5) is 17.5. The van der Waals surface area contributed by atoms with Gasteiger partial charge in [-0.1, -0.05) is 48.5 Å². The van der Waals surface area contributed by atoms with Crippen molar-refractivity contribution in [3.05, 3.63) is 65.7 Å². The molecule has 2 atom stereocenters. The van der Waals surface area contributed by atoms with Crippen LogP contribution >= 0.6 is 0 Å². The molecule has 0 spiro atoms. The maximum absolute atomic E-state index is 13.2. The first kappa shape index (κ1) is 19.1. The molecule has 148 valence electrons. The molecule has 5 heteroatoms. The molecule has 0 aromatic heterocycles. The van der Waals surface area contributed by atoms with Gasteiger partial charge in [0, 0.05) is 37.9 Å². The van der Waals surface area contributed by atoms with E-state index in [-0.39, 0.29) is 18.0 Å². The van der Waals surface area contributed by atoms with Gasteiger partial charge in [-0.25, -0.2) is 0 Å². The molecule has 2 aliphatic rings. The third-order valence-electron chi connectivity index (χ3n) is 5.72. The molecule has 0 aliphatic carbocycles. The number of hydrogen-bond donors (Lipinski definition) is 1. The quantitative estimate of drug-likeness (QED) is 0.838. The predicted molar refractivity (Wildman–Crippen MR) is 112 cm³/mol. The molecule has 0 bridgehead atoms. The second kappa shape index (κ2) is 8.86. The Hall–Kier alpha value is -2.21. The van der Waals surface area contributed by atoms with E-state index in [9.17, 15) is 4.79 Å². The number of carbonyl (C=O) groups excluding carboxylic acids is 1. The van der Waals surface area contributed by atoms with E-state index in [4.69, 9.17) is 4.74 Å². The number of hydrogen-bond acceptors (Lipinski definition) is 4. The molecule has 2 aromatic rings. The van der Waals surface area contributed by atoms with Crippen LogP contribution in [0.4, 0.5) is 5.69 Å². The van der Waals surface area contributed by atoms with Gasteiger partial charge in [0.15, 0.2) is 0 Å². The third-order valence-corrected chi connectivity index (χ3v) is 5.72. The summed E-state index contributed by atoms with van der Waals surface area (Å²) in [6.45, 7) is 7.06. The van der Waals surface area contributed by atoms with E-state index in [1.165, 1.54) is 11.1 Å². The lowest BCUT2D eigenvalue weighted by Crippen LogP contribution is -2.49. The van der Waals surface area contributed by atoms with Crippen molar-refractivity contribution < 1.29 is 9.53 Å². The van der Waals surface area contributed by atoms with Gasteiger partial charge >= 0.3 is 0 Å². The first-order valence-electron chi connectivity index (χ1n) is 10.2. The van der Waals surface area contributed by atoms with E-state index < -0.39 is 0 Å². The molecule has 4 rings (SSSR count). The molecule has 2 aromatic carbocycles. The number of amides is 1. The topological polar surface area (TPSA) is 44.8 Å². The zero-order valence-corrected chi connectivity index (χ0v) is 16.5. The van der Waals surface area contributed by atoms with Crippen LogP contribution in [0.5, 0.6) is 0 Å². The summed E-state index contributed by atoms with van der Waals surface area (Å²) in [5.74, 6) is 0.146. The van der Waals surface area contributed by atoms with E-state index >= 15 is 0 Å². The lowest BCUT2D eigenvalue weighted by Gasteiger charge is -2.33. The Bertz CT molecular complexity index is 789. The van der Waals surface area contributed by atoms with Gasteiger partial charge in [-0.2, -0.15) is 0 Å². The molecular weight excluding hydrogens is 350 g/mol. The number of carbonyl (C=O) groups is 1. The largest absolute Gasteiger partial charge is 0.379 e. The van der Waals surface area contributed by atoms with Crippen molar-refractivity contribution in [1.29, 1.82) is 0 Å². The van der Waals surface area contributed by atoms with Crippen LogP contribution in [0.2, 0.25) is 0 Å². The van der Waals surface area contributed by atoms with Crippen LogP contribution in [0.15, 0.2) is 54.6 Å². The Balaban J connectivity index is 1.47. The molecule has 2 aliphatic heterocycles. The lowest BCUT2D eigenvalue weighted by molar-refractivity contribution is -0.120. The normalized spacial score (nSPS) is 19.2. The first-order valence-corrected chi connectivity index (χ1v) is 10.2. The predicted octanol–water partition coefficient (Wildman–Crippen LogP) is 2.63. The minimum atomic E-state index is -0.252. The number of anilines is 1. The Labute approximate surface area is 167 Å². The van der Waals surface area contributed by atoms with E-state index in [1.54, 1.807) is 0 Å². The molecule has 0 radical (unpaired) electrons. The molecule has 1 fully saturated rings. The molecule has 2 heterocycles. The maximum atomic E-state index is 13.2. The van der Waals surface area contributed by atoms with Crippen LogP contribution in [-0.4, -0.2) is 56.2 Å². The van der Waals surface area contributed by atoms with Crippen molar-refractivity contribution in [2.45, 2.75) is 25.4 Å². The van der Waals surface area contributed by atoms with E-state index in [2.05, 4.69) is 46.6 Å². The van der Waals surface area contributed by atoms with Gasteiger partial charge in [-0.15, -0.1) is 0 Å². The maximum Gasteiger partial charge on any atom is 0.243 e. The zero-order chi connectivity index (χ0) is 19.3. The highest BCUT2D eigenvalue weighted by molar-refractivity contribution is 5.98. The third kappa shape index (κ3) is 4.27. The molecule has 28 heavy (non-hydrogen) atoms. The Morgan fingerprint density at radius 2 is 1.75 bits per heavy atom. The monoisotopic (exact) mass is 379 g/mol. The SMILES string of the molecule is CC(NC(CN1CCOCC1)c1ccccc1)C(=O)N1CCc2ccccc21. The van der Waals surface area contributed by atoms with Crippen LogP contribution in [0.1, 0.15) is 24.1 Å². The van der Waals surface area contributed by atoms with Gasteiger partial charge in [0.2, 0.25) is 5.91 Å². The van der Waals surface area contributed by atoms with Crippen molar-refractivity contribution in [2.24, 2.45) is 0 Å². The van der Waals surface area contributed by atoms with Gasteiger partial charge in [-0.05, 0) is 30.5 Å². The Morgan fingerprint density at radius 3 is 2.54 bits per heavy atom. The van der Waals surface area contributed by atoms with Crippen molar-refractivity contribution in [1.82, 2.24) is 10.2 Å². The zero-order valence-electron chi connectivity index (χ0n) is 16.5. The number of morpholine rings is 1. The number of ether oxygens (including phenoxy) is 1. The molecule has 2 unspecified atom stereocenters. The van der Waals surface area contributed by atoms with Crippen molar-refractivity contribution in [3.63, 3.8) is 0 Å². The lowest BCUT2D eigenvalue weighted by atomic mass is 10.0. The molecule has 1 saturated heterocycles. The summed E-state index contributed by atoms with van der Waals surface area (Å²) >= 11 is 0. The number of benzene rings is 2. The van der Waals surface area contributed by atoms with Crippen LogP contribution in [0.25, 0.3) is 0 Å². The van der Waals surface area contributed by atoms with Crippen molar-refractivity contribution in [3.8, 4) is 0 Å². The Morgan fingerprint density at radius 1 is 1.04 bits per heavy atom. The fourth-order valence-electron chi connectivity index (χ4n) is 4.16. The summed E-state index contributed by atoms with van der Waals surface area (Å²) < 4.78 is 5.48. The number of nitrogens with zero attached hydrogens (tertiary/aromatic N) is 2. The number of rotatable bonds is 6. The van der Waals surface area contributed by atoms with Gasteiger partial charge in [0.25, 0.3) is 0 Å². The second-order valence-electron chi connectivity index (χ2n) is 7.63. The summed E-state index contributed by atoms with van der Waals surface area (Å²) in [5, 5.41) is 3.61. The highest BCUT2D eigenvalue weighted by Crippen LogP contribution is 2.28. The van der Waals surface area contributed by atoms with Crippen LogP contribution < -0.4 is 10.2 Å². The highest BCUT2D eigenvalue weighted by Gasteiger charge is 2.29. The molecular formula is C23H29N3O2. The van der Waals surface area contributed by atoms with E-state index in [1.807, 2.05) is 30.0 Å². The molecule has 0 saturated carbocycles. The highest BCUT2D eigenvalue weighted by atomic mass is 16.5. The standard InChI is InChI=1S/C23H29N3O2/c1-18(23(27)26-12-11-20-9-5-6-10-22(20)26)24-21(19-7-3-2-4-8-19)17-25-13-15-28-16-14-25/h2-10,18,21,24H,11-17H2,1H3. The number of fused-ring (bicyclic) bond motifs is 1. The van der Waals surface area contributed by atoms with Crippen molar-refractivity contribution >= 4 is 11.6 Å². The average Bonchev–Trinajstić information content (AvgIpc) is 3.18. The molecule has 1 amide bonds. The average molecular weight is 380 g/mol. The fourth-order valence-corrected chi connectivity index (χ4v) is 4.16. The van der Waals surface area contributed by atoms with Crippen LogP contribution in [0.3, 0.4) is 0 Å². The van der Waals surface area contributed by atoms with Gasteiger partial charge < -0.3 is 9.64 Å². The van der Waals surface area contributed by atoms with Gasteiger partial charge in [0.05, 0.1) is 19.3 Å². The first-order chi connectivity index (χ1) is 13.7. The molecule has 1 N–H and O–H groups in total. The van der Waals surface area contributed by atoms with E-state index in [0.29, 0.717) is 0 Å². The summed E-state index contributed by atoms with van der Waals surface area (Å²) in [7, 11) is 0. The number of nitrogens with one attached hydrogen (secondary N) is 1. The smallest absolute Gasteiger partial charge is 0.243 e. The minimum absolute atomic E-state index is 0.107. The second-order valence-corrected chi connectivity index (χ2v) is 7.63. The number of para-hydroxylation sites is 1. The fraction of sp³-hybridized carbons (Fsp3) is 0.435. The summed E-state index contributed by atoms with van der Waals surface area (Å²) in [5.41, 5.74) is 3.54. The molecule has 5 nitrogen and oxygen atoms in total. The van der Waals surface area contributed by atoms with Crippen LogP contribution in [-0.2, 0) is 16.0 Å². The minimum Gasteiger partial charge on any atom is -0.379 e. The Kier molecular flexibility index (Phi) is 6.05. The van der Waals surface area contributed by atoms with Gasteiger partial charge in [0.1, 0.15) is 0 Å². The van der Waals surface area contributed by atoms with Crippen molar-refractivity contribution in [2.75, 3.05) is 44.3 Å². The van der Waals surface area contributed by atoms with Crippen LogP contribution in [0, 0.1) is 0 Å².